The highest BCUT2D eigenvalue weighted by Crippen LogP contribution is 2.18. The van der Waals surface area contributed by atoms with Crippen molar-refractivity contribution in [1.29, 1.82) is 0 Å². The van der Waals surface area contributed by atoms with Gasteiger partial charge < -0.3 is 14.2 Å². The van der Waals surface area contributed by atoms with Crippen molar-refractivity contribution in [2.75, 3.05) is 39.6 Å². The van der Waals surface area contributed by atoms with Crippen LogP contribution in [0.15, 0.2) is 34.3 Å². The molecule has 0 aliphatic rings. The summed E-state index contributed by atoms with van der Waals surface area (Å²) in [6.45, 7) is 7.60. The van der Waals surface area contributed by atoms with Crippen molar-refractivity contribution >= 4 is 10.0 Å². The van der Waals surface area contributed by atoms with Crippen molar-refractivity contribution < 1.29 is 22.6 Å². The molecule has 0 aromatic heterocycles. The predicted octanol–water partition coefficient (Wildman–Crippen LogP) is 3.27. The van der Waals surface area contributed by atoms with Gasteiger partial charge in [-0.2, -0.15) is 0 Å². The fraction of sp³-hybridized carbons (Fsp3) is 0.667. The molecule has 0 unspecified atom stereocenters. The average molecular weight is 415 g/mol. The Labute approximate surface area is 167 Å². The summed E-state index contributed by atoms with van der Waals surface area (Å²) in [4.78, 5) is 2.80. The Kier molecular flexibility index (Phi) is 10.9. The van der Waals surface area contributed by atoms with Crippen molar-refractivity contribution in [3.8, 4) is 5.75 Å². The highest BCUT2D eigenvalue weighted by Gasteiger charge is 2.26. The maximum atomic E-state index is 12.6. The highest BCUT2D eigenvalue weighted by atomic mass is 32.2. The van der Waals surface area contributed by atoms with Crippen LogP contribution in [-0.4, -0.2) is 53.5 Å². The van der Waals surface area contributed by atoms with Crippen LogP contribution in [0.3, 0.4) is 0 Å². The molecule has 0 saturated carbocycles. The molecule has 0 saturated heterocycles. The Morgan fingerprint density at radius 3 is 2.43 bits per heavy atom. The van der Waals surface area contributed by atoms with Crippen LogP contribution < -0.4 is 9.46 Å². The third kappa shape index (κ3) is 9.91. The van der Waals surface area contributed by atoms with Crippen molar-refractivity contribution in [2.24, 2.45) is 5.11 Å². The van der Waals surface area contributed by atoms with Crippen molar-refractivity contribution in [3.05, 3.63) is 34.7 Å². The fourth-order valence-corrected chi connectivity index (χ4v) is 3.60. The van der Waals surface area contributed by atoms with Gasteiger partial charge in [-0.3, -0.25) is 0 Å². The number of unbranched alkanes of at least 4 members (excludes halogenated alkanes) is 1. The normalized spacial score (nSPS) is 11.8. The summed E-state index contributed by atoms with van der Waals surface area (Å²) in [7, 11) is -3.68. The van der Waals surface area contributed by atoms with E-state index in [9.17, 15) is 8.42 Å². The highest BCUT2D eigenvalue weighted by molar-refractivity contribution is 7.89. The molecule has 0 spiro atoms. The summed E-state index contributed by atoms with van der Waals surface area (Å²) in [5.41, 5.74) is 7.35. The molecule has 9 nitrogen and oxygen atoms in total. The summed E-state index contributed by atoms with van der Waals surface area (Å²) in [5, 5.41) is 3.35. The third-order valence-electron chi connectivity index (χ3n) is 3.55. The van der Waals surface area contributed by atoms with E-state index in [0.717, 1.165) is 12.8 Å². The number of ether oxygens (including phenoxy) is 3. The minimum Gasteiger partial charge on any atom is -0.494 e. The molecular formula is C18H30N4O5S. The first-order valence-electron chi connectivity index (χ1n) is 9.24. The molecule has 1 rings (SSSR count). The van der Waals surface area contributed by atoms with Gasteiger partial charge in [-0.1, -0.05) is 18.5 Å². The number of rotatable bonds is 15. The Balaban J connectivity index is 2.44. The monoisotopic (exact) mass is 414 g/mol. The van der Waals surface area contributed by atoms with Crippen LogP contribution in [0.25, 0.3) is 10.4 Å². The third-order valence-corrected chi connectivity index (χ3v) is 5.26. The molecular weight excluding hydrogens is 384 g/mol. The summed E-state index contributed by atoms with van der Waals surface area (Å²) in [6, 6.07) is 6.36. The number of nitrogens with zero attached hydrogens (tertiary/aromatic N) is 3. The van der Waals surface area contributed by atoms with Crippen LogP contribution >= 0.6 is 0 Å². The van der Waals surface area contributed by atoms with Crippen molar-refractivity contribution in [2.45, 2.75) is 44.0 Å². The zero-order valence-electron chi connectivity index (χ0n) is 16.8. The summed E-state index contributed by atoms with van der Waals surface area (Å²) >= 11 is 0. The fourth-order valence-electron chi connectivity index (χ4n) is 2.20. The van der Waals surface area contributed by atoms with E-state index in [4.69, 9.17) is 19.7 Å². The molecule has 0 fully saturated rings. The molecule has 0 aliphatic carbocycles. The number of hydrogen-bond acceptors (Lipinski definition) is 6. The molecule has 10 heteroatoms. The van der Waals surface area contributed by atoms with Crippen molar-refractivity contribution in [3.63, 3.8) is 0 Å². The van der Waals surface area contributed by atoms with Gasteiger partial charge in [-0.25, -0.2) is 13.1 Å². The second-order valence-electron chi connectivity index (χ2n) is 6.78. The number of benzene rings is 1. The first-order valence-corrected chi connectivity index (χ1v) is 10.7. The van der Waals surface area contributed by atoms with E-state index in [1.54, 1.807) is 26.0 Å². The Bertz CT molecular complexity index is 716. The molecule has 0 amide bonds. The zero-order valence-corrected chi connectivity index (χ0v) is 17.6. The van der Waals surface area contributed by atoms with Gasteiger partial charge >= 0.3 is 0 Å². The second kappa shape index (κ2) is 12.6. The van der Waals surface area contributed by atoms with Gasteiger partial charge in [0.2, 0.25) is 10.0 Å². The van der Waals surface area contributed by atoms with Gasteiger partial charge in [0.15, 0.2) is 0 Å². The SMILES string of the molecule is CCCCOc1ccc(S(=O)(=O)NC(C)(C)COCCOCCN=[N+]=[N-])cc1. The second-order valence-corrected chi connectivity index (χ2v) is 8.46. The van der Waals surface area contributed by atoms with E-state index < -0.39 is 15.6 Å². The molecule has 1 aromatic carbocycles. The van der Waals surface area contributed by atoms with E-state index in [-0.39, 0.29) is 18.0 Å². The first-order chi connectivity index (χ1) is 13.3. The van der Waals surface area contributed by atoms with E-state index in [2.05, 4.69) is 21.7 Å². The smallest absolute Gasteiger partial charge is 0.241 e. The average Bonchev–Trinajstić information content (AvgIpc) is 2.64. The summed E-state index contributed by atoms with van der Waals surface area (Å²) in [5.74, 6) is 0.649. The van der Waals surface area contributed by atoms with E-state index in [0.29, 0.717) is 32.2 Å². The summed E-state index contributed by atoms with van der Waals surface area (Å²) in [6.07, 6.45) is 1.99. The van der Waals surface area contributed by atoms with Gasteiger partial charge in [0.05, 0.1) is 43.5 Å². The minimum absolute atomic E-state index is 0.171. The van der Waals surface area contributed by atoms with Gasteiger partial charge in [0.1, 0.15) is 5.75 Å². The number of nitrogens with one attached hydrogen (secondary N) is 1. The lowest BCUT2D eigenvalue weighted by Crippen LogP contribution is -2.47. The van der Waals surface area contributed by atoms with E-state index in [1.807, 2.05) is 0 Å². The topological polar surface area (TPSA) is 123 Å². The first kappa shape index (κ1) is 24.2. The van der Waals surface area contributed by atoms with Crippen LogP contribution in [0, 0.1) is 0 Å². The Morgan fingerprint density at radius 1 is 1.11 bits per heavy atom. The molecule has 28 heavy (non-hydrogen) atoms. The standard InChI is InChI=1S/C18H30N4O5S/c1-4-5-11-27-16-6-8-17(9-7-16)28(23,24)21-18(2,3)15-26-14-13-25-12-10-20-22-19/h6-9,21H,4-5,10-15H2,1-3H3. The number of hydrogen-bond donors (Lipinski definition) is 1. The lowest BCUT2D eigenvalue weighted by atomic mass is 10.1. The largest absolute Gasteiger partial charge is 0.494 e. The number of azide groups is 1. The lowest BCUT2D eigenvalue weighted by molar-refractivity contribution is 0.0323. The van der Waals surface area contributed by atoms with E-state index >= 15 is 0 Å². The Hall–Kier alpha value is -1.84. The molecule has 0 bridgehead atoms. The van der Waals surface area contributed by atoms with Gasteiger partial charge in [0.25, 0.3) is 0 Å². The quantitative estimate of drug-likeness (QED) is 0.204. The van der Waals surface area contributed by atoms with Gasteiger partial charge in [-0.15, -0.1) is 0 Å². The number of sulfonamides is 1. The van der Waals surface area contributed by atoms with Gasteiger partial charge in [0, 0.05) is 11.5 Å². The van der Waals surface area contributed by atoms with E-state index in [1.165, 1.54) is 12.1 Å². The molecule has 1 N–H and O–H groups in total. The lowest BCUT2D eigenvalue weighted by Gasteiger charge is -2.25. The summed E-state index contributed by atoms with van der Waals surface area (Å²) < 4.78 is 44.1. The van der Waals surface area contributed by atoms with Crippen LogP contribution in [0.4, 0.5) is 0 Å². The van der Waals surface area contributed by atoms with Crippen LogP contribution in [0.2, 0.25) is 0 Å². The van der Waals surface area contributed by atoms with Crippen LogP contribution in [0.1, 0.15) is 33.6 Å². The minimum atomic E-state index is -3.68. The zero-order chi connectivity index (χ0) is 20.9. The molecule has 158 valence electrons. The molecule has 0 aliphatic heterocycles. The van der Waals surface area contributed by atoms with Gasteiger partial charge in [-0.05, 0) is 50.1 Å². The molecule has 1 aromatic rings. The maximum absolute atomic E-state index is 12.6. The predicted molar refractivity (Wildman–Crippen MR) is 107 cm³/mol. The molecule has 0 radical (unpaired) electrons. The molecule has 0 atom stereocenters. The maximum Gasteiger partial charge on any atom is 0.241 e. The Morgan fingerprint density at radius 2 is 1.79 bits per heavy atom. The van der Waals surface area contributed by atoms with Crippen molar-refractivity contribution in [1.82, 2.24) is 4.72 Å². The van der Waals surface area contributed by atoms with Crippen LogP contribution in [-0.2, 0) is 19.5 Å². The van der Waals surface area contributed by atoms with Crippen LogP contribution in [0.5, 0.6) is 5.75 Å². The molecule has 0 heterocycles.